The molecule has 1 amide bonds. The van der Waals surface area contributed by atoms with Crippen molar-refractivity contribution in [2.24, 2.45) is 0 Å². The van der Waals surface area contributed by atoms with Gasteiger partial charge in [-0.2, -0.15) is 0 Å². The summed E-state index contributed by atoms with van der Waals surface area (Å²) in [4.78, 5) is 25.1. The largest absolute Gasteiger partial charge is 0.477 e. The van der Waals surface area contributed by atoms with Crippen LogP contribution in [-0.2, 0) is 11.3 Å². The number of carbonyl (C=O) groups is 2. The van der Waals surface area contributed by atoms with E-state index in [-0.39, 0.29) is 30.8 Å². The summed E-state index contributed by atoms with van der Waals surface area (Å²) in [5, 5.41) is 17.9. The summed E-state index contributed by atoms with van der Waals surface area (Å²) >= 11 is 0. The molecular weight excluding hydrogens is 260 g/mol. The van der Waals surface area contributed by atoms with Crippen molar-refractivity contribution < 1.29 is 19.8 Å². The fraction of sp³-hybridized carbons (Fsp3) is 0.571. The monoisotopic (exact) mass is 280 g/mol. The van der Waals surface area contributed by atoms with E-state index in [1.807, 2.05) is 4.90 Å². The van der Waals surface area contributed by atoms with Crippen molar-refractivity contribution >= 4 is 11.9 Å². The van der Waals surface area contributed by atoms with Gasteiger partial charge in [0.15, 0.2) is 0 Å². The number of aromatic carboxylic acids is 1. The molecule has 1 aromatic rings. The summed E-state index contributed by atoms with van der Waals surface area (Å²) in [5.74, 6) is -1.08. The van der Waals surface area contributed by atoms with Crippen molar-refractivity contribution in [3.8, 4) is 0 Å². The van der Waals surface area contributed by atoms with E-state index < -0.39 is 5.97 Å². The number of rotatable bonds is 6. The maximum Gasteiger partial charge on any atom is 0.352 e. The zero-order valence-corrected chi connectivity index (χ0v) is 11.4. The van der Waals surface area contributed by atoms with Crippen LogP contribution >= 0.6 is 0 Å². The standard InChI is InChI=1S/C14H20N2O4/c17-9-3-5-11-4-1-8-16(11)13(18)10-15-7-2-6-12(15)14(19)20/h2,6-7,11,17H,1,3-5,8-10H2,(H,19,20). The Kier molecular flexibility index (Phi) is 4.79. The molecule has 2 heterocycles. The minimum atomic E-state index is -1.03. The van der Waals surface area contributed by atoms with E-state index in [2.05, 4.69) is 0 Å². The predicted molar refractivity (Wildman–Crippen MR) is 72.4 cm³/mol. The topological polar surface area (TPSA) is 82.8 Å². The number of aliphatic hydroxyl groups is 1. The summed E-state index contributed by atoms with van der Waals surface area (Å²) in [6.45, 7) is 0.919. The minimum absolute atomic E-state index is 0.0517. The summed E-state index contributed by atoms with van der Waals surface area (Å²) in [6, 6.07) is 3.30. The Morgan fingerprint density at radius 2 is 2.20 bits per heavy atom. The molecule has 2 N–H and O–H groups in total. The van der Waals surface area contributed by atoms with E-state index in [1.54, 1.807) is 12.3 Å². The first kappa shape index (κ1) is 14.6. The number of hydrogen-bond acceptors (Lipinski definition) is 3. The SMILES string of the molecule is O=C(O)c1cccn1CC(=O)N1CCCC1CCCO. The average molecular weight is 280 g/mol. The van der Waals surface area contributed by atoms with Gasteiger partial charge in [-0.3, -0.25) is 4.79 Å². The van der Waals surface area contributed by atoms with Crippen molar-refractivity contribution in [3.63, 3.8) is 0 Å². The third-order valence-corrected chi connectivity index (χ3v) is 3.75. The molecule has 6 heteroatoms. The third-order valence-electron chi connectivity index (χ3n) is 3.75. The minimum Gasteiger partial charge on any atom is -0.477 e. The van der Waals surface area contributed by atoms with Crippen molar-refractivity contribution in [1.29, 1.82) is 0 Å². The highest BCUT2D eigenvalue weighted by Gasteiger charge is 2.28. The fourth-order valence-corrected chi connectivity index (χ4v) is 2.77. The van der Waals surface area contributed by atoms with Gasteiger partial charge in [0.25, 0.3) is 0 Å². The second-order valence-electron chi connectivity index (χ2n) is 5.08. The van der Waals surface area contributed by atoms with Crippen molar-refractivity contribution in [2.75, 3.05) is 13.2 Å². The first-order chi connectivity index (χ1) is 9.63. The quantitative estimate of drug-likeness (QED) is 0.812. The summed E-state index contributed by atoms with van der Waals surface area (Å²) in [7, 11) is 0. The van der Waals surface area contributed by atoms with Crippen LogP contribution in [0, 0.1) is 0 Å². The molecule has 1 aliphatic heterocycles. The van der Waals surface area contributed by atoms with E-state index in [4.69, 9.17) is 10.2 Å². The third kappa shape index (κ3) is 3.19. The number of nitrogens with zero attached hydrogens (tertiary/aromatic N) is 2. The summed E-state index contributed by atoms with van der Waals surface area (Å²) < 4.78 is 1.46. The molecule has 0 aromatic carbocycles. The Hall–Kier alpha value is -1.82. The van der Waals surface area contributed by atoms with Gasteiger partial charge >= 0.3 is 5.97 Å². The zero-order chi connectivity index (χ0) is 14.5. The highest BCUT2D eigenvalue weighted by atomic mass is 16.4. The number of hydrogen-bond donors (Lipinski definition) is 2. The van der Waals surface area contributed by atoms with Crippen molar-refractivity contribution in [3.05, 3.63) is 24.0 Å². The molecule has 0 saturated carbocycles. The lowest BCUT2D eigenvalue weighted by Crippen LogP contribution is -2.38. The van der Waals surface area contributed by atoms with Gasteiger partial charge in [-0.25, -0.2) is 4.79 Å². The van der Waals surface area contributed by atoms with Crippen LogP contribution in [0.15, 0.2) is 18.3 Å². The second-order valence-corrected chi connectivity index (χ2v) is 5.08. The maximum absolute atomic E-state index is 12.3. The van der Waals surface area contributed by atoms with Gasteiger partial charge in [-0.15, -0.1) is 0 Å². The van der Waals surface area contributed by atoms with Crippen molar-refractivity contribution in [1.82, 2.24) is 9.47 Å². The van der Waals surface area contributed by atoms with Gasteiger partial charge in [0.05, 0.1) is 0 Å². The average Bonchev–Trinajstić information content (AvgIpc) is 3.04. The van der Waals surface area contributed by atoms with Crippen LogP contribution in [0.25, 0.3) is 0 Å². The van der Waals surface area contributed by atoms with E-state index in [0.29, 0.717) is 6.42 Å². The maximum atomic E-state index is 12.3. The Labute approximate surface area is 117 Å². The molecule has 0 aliphatic carbocycles. The Balaban J connectivity index is 2.00. The lowest BCUT2D eigenvalue weighted by Gasteiger charge is -2.25. The molecular formula is C14H20N2O4. The molecule has 1 unspecified atom stereocenters. The Morgan fingerprint density at radius 1 is 1.40 bits per heavy atom. The molecule has 0 spiro atoms. The number of amides is 1. The number of likely N-dealkylation sites (tertiary alicyclic amines) is 1. The smallest absolute Gasteiger partial charge is 0.352 e. The lowest BCUT2D eigenvalue weighted by molar-refractivity contribution is -0.132. The van der Waals surface area contributed by atoms with Crippen LogP contribution in [0.5, 0.6) is 0 Å². The fourth-order valence-electron chi connectivity index (χ4n) is 2.77. The zero-order valence-electron chi connectivity index (χ0n) is 11.4. The van der Waals surface area contributed by atoms with Gasteiger partial charge in [-0.05, 0) is 37.8 Å². The van der Waals surface area contributed by atoms with E-state index in [9.17, 15) is 9.59 Å². The van der Waals surface area contributed by atoms with Gasteiger partial charge < -0.3 is 19.7 Å². The molecule has 1 aromatic heterocycles. The Bertz CT molecular complexity index is 483. The summed E-state index contributed by atoms with van der Waals surface area (Å²) in [5.41, 5.74) is 0.129. The first-order valence-corrected chi connectivity index (χ1v) is 6.92. The molecule has 1 atom stereocenters. The molecule has 2 rings (SSSR count). The number of aliphatic hydroxyl groups excluding tert-OH is 1. The predicted octanol–water partition coefficient (Wildman–Crippen LogP) is 0.950. The van der Waals surface area contributed by atoms with Crippen molar-refractivity contribution in [2.45, 2.75) is 38.3 Å². The number of carbonyl (C=O) groups excluding carboxylic acids is 1. The molecule has 0 bridgehead atoms. The van der Waals surface area contributed by atoms with Crippen LogP contribution in [0.2, 0.25) is 0 Å². The van der Waals surface area contributed by atoms with Gasteiger partial charge in [0.1, 0.15) is 12.2 Å². The molecule has 6 nitrogen and oxygen atoms in total. The normalized spacial score (nSPS) is 18.4. The summed E-state index contributed by atoms with van der Waals surface area (Å²) in [6.07, 6.45) is 5.04. The van der Waals surface area contributed by atoms with Crippen LogP contribution in [0.1, 0.15) is 36.2 Å². The van der Waals surface area contributed by atoms with Gasteiger partial charge in [-0.1, -0.05) is 0 Å². The van der Waals surface area contributed by atoms with Crippen LogP contribution in [0.3, 0.4) is 0 Å². The highest BCUT2D eigenvalue weighted by molar-refractivity contribution is 5.87. The van der Waals surface area contributed by atoms with Gasteiger partial charge in [0, 0.05) is 25.4 Å². The van der Waals surface area contributed by atoms with Crippen LogP contribution < -0.4 is 0 Å². The molecule has 20 heavy (non-hydrogen) atoms. The molecule has 1 fully saturated rings. The van der Waals surface area contributed by atoms with E-state index in [1.165, 1.54) is 10.6 Å². The molecule has 110 valence electrons. The first-order valence-electron chi connectivity index (χ1n) is 6.92. The van der Waals surface area contributed by atoms with Crippen LogP contribution in [-0.4, -0.2) is 50.8 Å². The molecule has 1 saturated heterocycles. The molecule has 1 aliphatic rings. The number of carboxylic acids is 1. The lowest BCUT2D eigenvalue weighted by atomic mass is 10.1. The van der Waals surface area contributed by atoms with Gasteiger partial charge in [0.2, 0.25) is 5.91 Å². The number of carboxylic acid groups (broad SMARTS) is 1. The van der Waals surface area contributed by atoms with E-state index in [0.717, 1.165) is 25.8 Å². The number of aromatic nitrogens is 1. The molecule has 0 radical (unpaired) electrons. The van der Waals surface area contributed by atoms with Crippen LogP contribution in [0.4, 0.5) is 0 Å². The second kappa shape index (κ2) is 6.56. The highest BCUT2D eigenvalue weighted by Crippen LogP contribution is 2.22. The van der Waals surface area contributed by atoms with E-state index >= 15 is 0 Å². The Morgan fingerprint density at radius 3 is 2.90 bits per heavy atom.